The molecule has 16 heavy (non-hydrogen) atoms. The molecule has 0 aromatic carbocycles. The lowest BCUT2D eigenvalue weighted by Crippen LogP contribution is -2.09. The second kappa shape index (κ2) is 5.07. The van der Waals surface area contributed by atoms with Crippen LogP contribution in [0, 0.1) is 0 Å². The summed E-state index contributed by atoms with van der Waals surface area (Å²) in [6.07, 6.45) is -1.99. The minimum absolute atomic E-state index is 0.00424. The Morgan fingerprint density at radius 2 is 2.31 bits per heavy atom. The van der Waals surface area contributed by atoms with Crippen molar-refractivity contribution in [2.45, 2.75) is 12.3 Å². The fraction of sp³-hybridized carbons (Fsp3) is 0.333. The molecule has 0 saturated heterocycles. The Hall–Kier alpha value is -1.43. The number of nitrogens with zero attached hydrogens (tertiary/aromatic N) is 1. The average molecular weight is 252 g/mol. The number of carbonyl (C=O) groups is 1. The van der Waals surface area contributed by atoms with E-state index in [4.69, 9.17) is 16.7 Å². The van der Waals surface area contributed by atoms with Crippen molar-refractivity contribution in [2.24, 2.45) is 0 Å². The van der Waals surface area contributed by atoms with Gasteiger partial charge in [-0.3, -0.25) is 4.98 Å². The van der Waals surface area contributed by atoms with Gasteiger partial charge in [0.1, 0.15) is 11.3 Å². The van der Waals surface area contributed by atoms with Gasteiger partial charge in [-0.1, -0.05) is 0 Å². The zero-order valence-electron chi connectivity index (χ0n) is 8.21. The second-order valence-electron chi connectivity index (χ2n) is 2.81. The number of hydrogen-bond donors (Lipinski definition) is 1. The lowest BCUT2D eigenvalue weighted by molar-refractivity contribution is 0.0690. The van der Waals surface area contributed by atoms with Crippen molar-refractivity contribution in [3.8, 4) is 5.75 Å². The van der Waals surface area contributed by atoms with Gasteiger partial charge in [0.25, 0.3) is 6.43 Å². The van der Waals surface area contributed by atoms with Crippen molar-refractivity contribution >= 4 is 17.6 Å². The first-order valence-corrected chi connectivity index (χ1v) is 4.69. The van der Waals surface area contributed by atoms with E-state index >= 15 is 0 Å². The number of methoxy groups -OCH3 is 1. The Balaban J connectivity index is 3.49. The van der Waals surface area contributed by atoms with Gasteiger partial charge in [-0.25, -0.2) is 13.6 Å². The zero-order chi connectivity index (χ0) is 12.3. The molecule has 0 fully saturated rings. The van der Waals surface area contributed by atoms with Crippen LogP contribution in [0.2, 0.25) is 0 Å². The highest BCUT2D eigenvalue weighted by atomic mass is 35.5. The lowest BCUT2D eigenvalue weighted by atomic mass is 10.1. The van der Waals surface area contributed by atoms with E-state index < -0.39 is 29.3 Å². The van der Waals surface area contributed by atoms with Crippen LogP contribution in [-0.4, -0.2) is 23.2 Å². The van der Waals surface area contributed by atoms with Gasteiger partial charge in [-0.15, -0.1) is 11.6 Å². The largest absolute Gasteiger partial charge is 0.495 e. The molecule has 7 heteroatoms. The summed E-state index contributed by atoms with van der Waals surface area (Å²) in [6, 6.07) is 0. The third-order valence-corrected chi connectivity index (χ3v) is 2.17. The van der Waals surface area contributed by atoms with Crippen molar-refractivity contribution in [1.82, 2.24) is 4.98 Å². The van der Waals surface area contributed by atoms with E-state index in [1.54, 1.807) is 0 Å². The molecule has 0 unspecified atom stereocenters. The molecule has 0 spiro atoms. The Bertz CT molecular complexity index is 412. The van der Waals surface area contributed by atoms with Gasteiger partial charge in [-0.2, -0.15) is 0 Å². The highest BCUT2D eigenvalue weighted by molar-refractivity contribution is 6.17. The van der Waals surface area contributed by atoms with Crippen molar-refractivity contribution in [3.63, 3.8) is 0 Å². The summed E-state index contributed by atoms with van der Waals surface area (Å²) < 4.78 is 29.8. The van der Waals surface area contributed by atoms with Crippen LogP contribution in [0.25, 0.3) is 0 Å². The third kappa shape index (κ3) is 2.21. The lowest BCUT2D eigenvalue weighted by Gasteiger charge is -2.12. The summed E-state index contributed by atoms with van der Waals surface area (Å²) in [6.45, 7) is 0. The molecule has 1 aromatic rings. The van der Waals surface area contributed by atoms with Gasteiger partial charge < -0.3 is 9.84 Å². The van der Waals surface area contributed by atoms with Crippen LogP contribution in [0.4, 0.5) is 8.78 Å². The molecule has 0 radical (unpaired) electrons. The topological polar surface area (TPSA) is 59.4 Å². The number of aromatic carboxylic acids is 1. The van der Waals surface area contributed by atoms with E-state index in [9.17, 15) is 13.6 Å². The molecule has 0 aliphatic carbocycles. The molecular formula is C9H8ClF2NO3. The SMILES string of the molecule is COc1c(C(F)F)cnc(CCl)c1C(=O)O. The van der Waals surface area contributed by atoms with Gasteiger partial charge >= 0.3 is 5.97 Å². The van der Waals surface area contributed by atoms with E-state index in [1.807, 2.05) is 0 Å². The smallest absolute Gasteiger partial charge is 0.341 e. The number of aromatic nitrogens is 1. The zero-order valence-corrected chi connectivity index (χ0v) is 8.96. The molecule has 0 bridgehead atoms. The molecule has 0 amide bonds. The molecule has 0 aliphatic heterocycles. The van der Waals surface area contributed by atoms with Crippen molar-refractivity contribution in [3.05, 3.63) is 23.0 Å². The predicted octanol–water partition coefficient (Wildman–Crippen LogP) is 2.46. The summed E-state index contributed by atoms with van der Waals surface area (Å²) in [7, 11) is 1.12. The van der Waals surface area contributed by atoms with Gasteiger partial charge in [0.15, 0.2) is 0 Å². The maximum atomic E-state index is 12.5. The summed E-state index contributed by atoms with van der Waals surface area (Å²) in [5, 5.41) is 8.89. The Labute approximate surface area is 94.8 Å². The quantitative estimate of drug-likeness (QED) is 0.835. The fourth-order valence-electron chi connectivity index (χ4n) is 1.24. The molecule has 1 aromatic heterocycles. The molecule has 0 aliphatic rings. The van der Waals surface area contributed by atoms with Gasteiger partial charge in [0.2, 0.25) is 0 Å². The number of carboxylic acid groups (broad SMARTS) is 1. The normalized spacial score (nSPS) is 10.6. The van der Waals surface area contributed by atoms with Crippen LogP contribution in [0.5, 0.6) is 5.75 Å². The number of hydrogen-bond acceptors (Lipinski definition) is 3. The molecule has 1 rings (SSSR count). The Morgan fingerprint density at radius 3 is 2.69 bits per heavy atom. The van der Waals surface area contributed by atoms with E-state index in [1.165, 1.54) is 0 Å². The van der Waals surface area contributed by atoms with Crippen LogP contribution in [0.3, 0.4) is 0 Å². The van der Waals surface area contributed by atoms with E-state index in [-0.39, 0.29) is 11.6 Å². The Kier molecular flexibility index (Phi) is 4.00. The summed E-state index contributed by atoms with van der Waals surface area (Å²) in [5.41, 5.74) is -0.987. The van der Waals surface area contributed by atoms with Crippen LogP contribution in [0.15, 0.2) is 6.20 Å². The average Bonchev–Trinajstić information content (AvgIpc) is 2.26. The molecule has 1 N–H and O–H groups in total. The highest BCUT2D eigenvalue weighted by Crippen LogP contribution is 2.33. The van der Waals surface area contributed by atoms with Crippen LogP contribution >= 0.6 is 11.6 Å². The first-order valence-electron chi connectivity index (χ1n) is 4.16. The van der Waals surface area contributed by atoms with Crippen molar-refractivity contribution < 1.29 is 23.4 Å². The third-order valence-electron chi connectivity index (χ3n) is 1.92. The number of ether oxygens (including phenoxy) is 1. The number of pyridine rings is 1. The van der Waals surface area contributed by atoms with Crippen LogP contribution < -0.4 is 4.74 Å². The molecular weight excluding hydrogens is 244 g/mol. The summed E-state index contributed by atoms with van der Waals surface area (Å²) >= 11 is 5.47. The van der Waals surface area contributed by atoms with Gasteiger partial charge in [0, 0.05) is 6.20 Å². The summed E-state index contributed by atoms with van der Waals surface area (Å²) in [5.74, 6) is -1.99. The van der Waals surface area contributed by atoms with Crippen LogP contribution in [-0.2, 0) is 5.88 Å². The Morgan fingerprint density at radius 1 is 1.69 bits per heavy atom. The maximum Gasteiger partial charge on any atom is 0.341 e. The van der Waals surface area contributed by atoms with Gasteiger partial charge in [0.05, 0.1) is 24.2 Å². The second-order valence-corrected chi connectivity index (χ2v) is 3.08. The predicted molar refractivity (Wildman–Crippen MR) is 52.3 cm³/mol. The monoisotopic (exact) mass is 251 g/mol. The van der Waals surface area contributed by atoms with E-state index in [0.717, 1.165) is 13.3 Å². The number of alkyl halides is 3. The maximum absolute atomic E-state index is 12.5. The minimum atomic E-state index is -2.86. The number of carboxylic acids is 1. The van der Waals surface area contributed by atoms with Crippen molar-refractivity contribution in [1.29, 1.82) is 0 Å². The molecule has 1 heterocycles. The molecule has 0 saturated carbocycles. The first-order chi connectivity index (χ1) is 7.52. The van der Waals surface area contributed by atoms with E-state index in [2.05, 4.69) is 9.72 Å². The summed E-state index contributed by atoms with van der Waals surface area (Å²) in [4.78, 5) is 14.5. The van der Waals surface area contributed by atoms with Crippen LogP contribution in [0.1, 0.15) is 28.0 Å². The minimum Gasteiger partial charge on any atom is -0.495 e. The van der Waals surface area contributed by atoms with Gasteiger partial charge in [-0.05, 0) is 0 Å². The molecule has 4 nitrogen and oxygen atoms in total. The molecule has 88 valence electrons. The fourth-order valence-corrected chi connectivity index (χ4v) is 1.45. The van der Waals surface area contributed by atoms with E-state index in [0.29, 0.717) is 0 Å². The first kappa shape index (κ1) is 12.6. The number of halogens is 3. The number of rotatable bonds is 4. The standard InChI is InChI=1S/C9H8ClF2NO3/c1-16-7-4(8(11)12)3-13-5(2-10)6(7)9(14)15/h3,8H,2H2,1H3,(H,14,15). The molecule has 0 atom stereocenters. The van der Waals surface area contributed by atoms with Crippen molar-refractivity contribution in [2.75, 3.05) is 7.11 Å². The highest BCUT2D eigenvalue weighted by Gasteiger charge is 2.24.